The zero-order valence-electron chi connectivity index (χ0n) is 13.8. The van der Waals surface area contributed by atoms with E-state index in [1.807, 2.05) is 6.07 Å². The Kier molecular flexibility index (Phi) is 4.84. The summed E-state index contributed by atoms with van der Waals surface area (Å²) in [6, 6.07) is 8.96. The highest BCUT2D eigenvalue weighted by Gasteiger charge is 2.18. The number of ether oxygens (including phenoxy) is 1. The highest BCUT2D eigenvalue weighted by molar-refractivity contribution is 5.67. The van der Waals surface area contributed by atoms with E-state index in [0.717, 1.165) is 30.6 Å². The van der Waals surface area contributed by atoms with Gasteiger partial charge in [-0.25, -0.2) is 4.39 Å². The van der Waals surface area contributed by atoms with Gasteiger partial charge in [-0.05, 0) is 72.6 Å². The maximum Gasteiger partial charge on any atom is 0.303 e. The van der Waals surface area contributed by atoms with Gasteiger partial charge in [0.2, 0.25) is 0 Å². The number of aliphatic carboxylic acids is 1. The maximum atomic E-state index is 14.1. The summed E-state index contributed by atoms with van der Waals surface area (Å²) in [6.07, 6.45) is 3.43. The molecule has 0 saturated carbocycles. The first-order valence-electron chi connectivity index (χ1n) is 8.28. The van der Waals surface area contributed by atoms with Crippen molar-refractivity contribution in [3.63, 3.8) is 0 Å². The normalized spacial score (nSPS) is 12.9. The van der Waals surface area contributed by atoms with Gasteiger partial charge in [-0.15, -0.1) is 0 Å². The lowest BCUT2D eigenvalue weighted by molar-refractivity contribution is -0.136. The van der Waals surface area contributed by atoms with Gasteiger partial charge in [0.05, 0.1) is 0 Å². The van der Waals surface area contributed by atoms with Crippen molar-refractivity contribution >= 4 is 5.97 Å². The lowest BCUT2D eigenvalue weighted by atomic mass is 10.0. The van der Waals surface area contributed by atoms with Crippen molar-refractivity contribution in [1.29, 1.82) is 0 Å². The Hall–Kier alpha value is -2.36. The Labute approximate surface area is 141 Å². The second-order valence-corrected chi connectivity index (χ2v) is 6.30. The molecule has 126 valence electrons. The van der Waals surface area contributed by atoms with Gasteiger partial charge in [0, 0.05) is 6.42 Å². The SMILES string of the molecule is Cc1ccc(OCc2ccc(CCC(=O)O)c(F)c2)c2c1CCC2. The fourth-order valence-electron chi connectivity index (χ4n) is 3.27. The molecule has 2 aromatic carbocycles. The Balaban J connectivity index is 1.68. The molecule has 0 unspecified atom stereocenters. The minimum absolute atomic E-state index is 0.0672. The predicted octanol–water partition coefficient (Wildman–Crippen LogP) is 4.22. The van der Waals surface area contributed by atoms with E-state index in [-0.39, 0.29) is 18.7 Å². The summed E-state index contributed by atoms with van der Waals surface area (Å²) in [5, 5.41) is 8.68. The number of benzene rings is 2. The number of rotatable bonds is 6. The van der Waals surface area contributed by atoms with Crippen molar-refractivity contribution in [2.24, 2.45) is 0 Å². The minimum atomic E-state index is -0.921. The van der Waals surface area contributed by atoms with E-state index in [1.165, 1.54) is 22.8 Å². The summed E-state index contributed by atoms with van der Waals surface area (Å²) in [5.74, 6) is -0.398. The third-order valence-corrected chi connectivity index (χ3v) is 4.60. The number of halogens is 1. The molecule has 0 atom stereocenters. The number of carbonyl (C=O) groups is 1. The lowest BCUT2D eigenvalue weighted by Crippen LogP contribution is -2.02. The van der Waals surface area contributed by atoms with Crippen LogP contribution in [0, 0.1) is 12.7 Å². The van der Waals surface area contributed by atoms with Crippen LogP contribution < -0.4 is 4.74 Å². The van der Waals surface area contributed by atoms with Gasteiger partial charge in [-0.1, -0.05) is 18.2 Å². The van der Waals surface area contributed by atoms with E-state index in [1.54, 1.807) is 12.1 Å². The Morgan fingerprint density at radius 1 is 1.21 bits per heavy atom. The molecule has 0 bridgehead atoms. The first kappa shape index (κ1) is 16.5. The Morgan fingerprint density at radius 3 is 2.75 bits per heavy atom. The Morgan fingerprint density at radius 2 is 2.00 bits per heavy atom. The number of carboxylic acids is 1. The molecule has 3 rings (SSSR count). The summed E-state index contributed by atoms with van der Waals surface area (Å²) in [7, 11) is 0. The van der Waals surface area contributed by atoms with Gasteiger partial charge in [0.1, 0.15) is 18.2 Å². The van der Waals surface area contributed by atoms with Crippen LogP contribution in [0.1, 0.15) is 40.7 Å². The van der Waals surface area contributed by atoms with Crippen LogP contribution in [0.2, 0.25) is 0 Å². The van der Waals surface area contributed by atoms with Crippen LogP contribution in [0.15, 0.2) is 30.3 Å². The van der Waals surface area contributed by atoms with Crippen LogP contribution in [-0.2, 0) is 30.7 Å². The van der Waals surface area contributed by atoms with Crippen molar-refractivity contribution in [3.05, 3.63) is 64.0 Å². The smallest absolute Gasteiger partial charge is 0.303 e. The third kappa shape index (κ3) is 3.58. The van der Waals surface area contributed by atoms with E-state index in [4.69, 9.17) is 9.84 Å². The molecule has 1 aliphatic rings. The van der Waals surface area contributed by atoms with Gasteiger partial charge in [0.15, 0.2) is 0 Å². The average Bonchev–Trinajstić information content (AvgIpc) is 3.04. The second kappa shape index (κ2) is 7.04. The summed E-state index contributed by atoms with van der Waals surface area (Å²) in [6.45, 7) is 2.44. The van der Waals surface area contributed by atoms with Gasteiger partial charge in [-0.3, -0.25) is 4.79 Å². The topological polar surface area (TPSA) is 46.5 Å². The molecule has 0 saturated heterocycles. The quantitative estimate of drug-likeness (QED) is 0.863. The molecule has 3 nitrogen and oxygen atoms in total. The van der Waals surface area contributed by atoms with E-state index in [0.29, 0.717) is 12.2 Å². The molecule has 0 heterocycles. The van der Waals surface area contributed by atoms with Crippen LogP contribution in [0.3, 0.4) is 0 Å². The highest BCUT2D eigenvalue weighted by atomic mass is 19.1. The van der Waals surface area contributed by atoms with E-state index >= 15 is 0 Å². The van der Waals surface area contributed by atoms with Crippen molar-refractivity contribution in [2.75, 3.05) is 0 Å². The van der Waals surface area contributed by atoms with Gasteiger partial charge in [0.25, 0.3) is 0 Å². The third-order valence-electron chi connectivity index (χ3n) is 4.60. The number of fused-ring (bicyclic) bond motifs is 1. The van der Waals surface area contributed by atoms with Crippen molar-refractivity contribution in [3.8, 4) is 5.75 Å². The van der Waals surface area contributed by atoms with Gasteiger partial charge in [-0.2, -0.15) is 0 Å². The summed E-state index contributed by atoms with van der Waals surface area (Å²) in [5.41, 5.74) is 5.16. The molecule has 0 aromatic heterocycles. The van der Waals surface area contributed by atoms with Crippen LogP contribution in [0.5, 0.6) is 5.75 Å². The summed E-state index contributed by atoms with van der Waals surface area (Å²) in [4.78, 5) is 10.6. The first-order valence-corrected chi connectivity index (χ1v) is 8.28. The Bertz CT molecular complexity index is 768. The standard InChI is InChI=1S/C20H21FO3/c1-13-5-9-19(17-4-2-3-16(13)17)24-12-14-6-7-15(18(21)11-14)8-10-20(22)23/h5-7,9,11H,2-4,8,10,12H2,1H3,(H,22,23). The minimum Gasteiger partial charge on any atom is -0.489 e. The van der Waals surface area contributed by atoms with Gasteiger partial charge >= 0.3 is 5.97 Å². The number of hydrogen-bond donors (Lipinski definition) is 1. The summed E-state index contributed by atoms with van der Waals surface area (Å²) >= 11 is 0. The largest absolute Gasteiger partial charge is 0.489 e. The molecule has 2 aromatic rings. The molecule has 1 N–H and O–H groups in total. The molecular weight excluding hydrogens is 307 g/mol. The molecule has 0 radical (unpaired) electrons. The highest BCUT2D eigenvalue weighted by Crippen LogP contribution is 2.33. The van der Waals surface area contributed by atoms with Crippen LogP contribution in [-0.4, -0.2) is 11.1 Å². The van der Waals surface area contributed by atoms with Crippen LogP contribution in [0.4, 0.5) is 4.39 Å². The van der Waals surface area contributed by atoms with Crippen LogP contribution >= 0.6 is 0 Å². The predicted molar refractivity (Wildman–Crippen MR) is 89.9 cm³/mol. The van der Waals surface area contributed by atoms with E-state index < -0.39 is 5.97 Å². The molecule has 1 aliphatic carbocycles. The molecule has 0 aliphatic heterocycles. The number of aryl methyl sites for hydroxylation is 2. The van der Waals surface area contributed by atoms with Crippen molar-refractivity contribution in [1.82, 2.24) is 0 Å². The van der Waals surface area contributed by atoms with E-state index in [9.17, 15) is 9.18 Å². The summed E-state index contributed by atoms with van der Waals surface area (Å²) < 4.78 is 20.0. The fourth-order valence-corrected chi connectivity index (χ4v) is 3.27. The number of carboxylic acid groups (broad SMARTS) is 1. The molecule has 0 spiro atoms. The monoisotopic (exact) mass is 328 g/mol. The molecule has 0 amide bonds. The second-order valence-electron chi connectivity index (χ2n) is 6.30. The number of hydrogen-bond acceptors (Lipinski definition) is 2. The van der Waals surface area contributed by atoms with Crippen LogP contribution in [0.25, 0.3) is 0 Å². The fraction of sp³-hybridized carbons (Fsp3) is 0.350. The first-order chi connectivity index (χ1) is 11.5. The van der Waals surface area contributed by atoms with E-state index in [2.05, 4.69) is 13.0 Å². The zero-order chi connectivity index (χ0) is 17.1. The maximum absolute atomic E-state index is 14.1. The average molecular weight is 328 g/mol. The molecule has 4 heteroatoms. The van der Waals surface area contributed by atoms with Gasteiger partial charge < -0.3 is 9.84 Å². The molecule has 24 heavy (non-hydrogen) atoms. The lowest BCUT2D eigenvalue weighted by Gasteiger charge is -2.13. The van der Waals surface area contributed by atoms with Crippen molar-refractivity contribution < 1.29 is 19.0 Å². The van der Waals surface area contributed by atoms with Crippen molar-refractivity contribution in [2.45, 2.75) is 45.6 Å². The molecular formula is C20H21FO3. The molecule has 0 fully saturated rings. The zero-order valence-corrected chi connectivity index (χ0v) is 13.8.